The van der Waals surface area contributed by atoms with Crippen LogP contribution in [0.15, 0.2) is 36.4 Å². The van der Waals surface area contributed by atoms with Gasteiger partial charge in [0.2, 0.25) is 5.95 Å². The largest absolute Gasteiger partial charge is 0.573 e. The molecule has 0 amide bonds. The number of ether oxygens (including phenoxy) is 1. The van der Waals surface area contributed by atoms with Crippen LogP contribution in [0.1, 0.15) is 51.6 Å². The van der Waals surface area contributed by atoms with Crippen molar-refractivity contribution in [1.29, 1.82) is 0 Å². The van der Waals surface area contributed by atoms with Crippen molar-refractivity contribution in [3.05, 3.63) is 47.8 Å². The fourth-order valence-corrected chi connectivity index (χ4v) is 5.28. The summed E-state index contributed by atoms with van der Waals surface area (Å²) in [5.74, 6) is -1.29. The van der Waals surface area contributed by atoms with Gasteiger partial charge < -0.3 is 19.7 Å². The number of aromatic nitrogens is 2. The molecule has 4 rings (SSSR count). The lowest BCUT2D eigenvalue weighted by molar-refractivity contribution is -0.274. The molecule has 3 aromatic rings. The van der Waals surface area contributed by atoms with E-state index in [0.29, 0.717) is 28.6 Å². The van der Waals surface area contributed by atoms with Gasteiger partial charge in [-0.25, -0.2) is 9.37 Å². The van der Waals surface area contributed by atoms with Gasteiger partial charge in [0.05, 0.1) is 17.5 Å². The molecule has 2 atom stereocenters. The van der Waals surface area contributed by atoms with Crippen LogP contribution in [0, 0.1) is 17.2 Å². The molecule has 0 unspecified atom stereocenters. The Balaban J connectivity index is 1.76. The Kier molecular flexibility index (Phi) is 6.42. The third-order valence-corrected chi connectivity index (χ3v) is 6.27. The van der Waals surface area contributed by atoms with Crippen LogP contribution in [0.5, 0.6) is 5.75 Å². The lowest BCUT2D eigenvalue weighted by Crippen LogP contribution is -2.29. The standard InChI is InChI=1S/C25H27F4N3O3/c1-14-8-17(13-24(2,3)12-14)32-21-11-19(26)15(10-22(33)34)9-20(21)31-23(32)30-16-4-6-18(7-5-16)35-25(27,28)29/h4-7,9,11,14,17H,8,10,12-13H2,1-3H3,(H,30,31)(H,33,34)/t14-,17-/m1/s1. The van der Waals surface area contributed by atoms with Gasteiger partial charge in [0.15, 0.2) is 0 Å². The Morgan fingerprint density at radius 1 is 1.23 bits per heavy atom. The first-order valence-corrected chi connectivity index (χ1v) is 11.3. The molecule has 1 heterocycles. The number of fused-ring (bicyclic) bond motifs is 1. The van der Waals surface area contributed by atoms with Gasteiger partial charge in [0.25, 0.3) is 0 Å². The summed E-state index contributed by atoms with van der Waals surface area (Å²) in [7, 11) is 0. The number of carboxylic acids is 1. The molecule has 0 saturated heterocycles. The highest BCUT2D eigenvalue weighted by molar-refractivity contribution is 5.82. The Morgan fingerprint density at radius 3 is 2.51 bits per heavy atom. The number of nitrogens with one attached hydrogen (secondary N) is 1. The molecule has 1 aliphatic rings. The third kappa shape index (κ3) is 5.86. The van der Waals surface area contributed by atoms with Gasteiger partial charge in [-0.05, 0) is 60.9 Å². The van der Waals surface area contributed by atoms with Crippen LogP contribution in [0.4, 0.5) is 29.2 Å². The lowest BCUT2D eigenvalue weighted by Gasteiger charge is -2.40. The maximum absolute atomic E-state index is 14.8. The van der Waals surface area contributed by atoms with Gasteiger partial charge in [-0.15, -0.1) is 13.2 Å². The van der Waals surface area contributed by atoms with E-state index in [4.69, 9.17) is 5.11 Å². The van der Waals surface area contributed by atoms with Gasteiger partial charge in [0, 0.05) is 23.4 Å². The van der Waals surface area contributed by atoms with Gasteiger partial charge in [-0.1, -0.05) is 20.8 Å². The smallest absolute Gasteiger partial charge is 0.481 e. The number of hydrogen-bond acceptors (Lipinski definition) is 4. The number of benzene rings is 2. The summed E-state index contributed by atoms with van der Waals surface area (Å²) in [5, 5.41) is 12.3. The quantitative estimate of drug-likeness (QED) is 0.368. The van der Waals surface area contributed by atoms with Crippen molar-refractivity contribution >= 4 is 28.6 Å². The van der Waals surface area contributed by atoms with E-state index in [1.54, 1.807) is 0 Å². The number of aliphatic carboxylic acids is 1. The number of hydrogen-bond donors (Lipinski definition) is 2. The number of carbonyl (C=O) groups is 1. The Labute approximate surface area is 199 Å². The first kappa shape index (κ1) is 24.8. The molecule has 10 heteroatoms. The van der Waals surface area contributed by atoms with E-state index in [1.807, 2.05) is 4.57 Å². The maximum atomic E-state index is 14.8. The van der Waals surface area contributed by atoms with Crippen molar-refractivity contribution in [1.82, 2.24) is 9.55 Å². The molecule has 1 fully saturated rings. The van der Waals surface area contributed by atoms with Gasteiger partial charge in [-0.2, -0.15) is 0 Å². The average Bonchev–Trinajstić information content (AvgIpc) is 3.03. The highest BCUT2D eigenvalue weighted by Crippen LogP contribution is 2.46. The van der Waals surface area contributed by atoms with Crippen molar-refractivity contribution in [3.63, 3.8) is 0 Å². The summed E-state index contributed by atoms with van der Waals surface area (Å²) < 4.78 is 58.2. The molecule has 35 heavy (non-hydrogen) atoms. The molecule has 188 valence electrons. The average molecular weight is 494 g/mol. The molecule has 2 N–H and O–H groups in total. The summed E-state index contributed by atoms with van der Waals surface area (Å²) in [4.78, 5) is 15.8. The number of carboxylic acid groups (broad SMARTS) is 1. The molecule has 1 saturated carbocycles. The summed E-state index contributed by atoms with van der Waals surface area (Å²) >= 11 is 0. The predicted octanol–water partition coefficient (Wildman–Crippen LogP) is 6.83. The van der Waals surface area contributed by atoms with E-state index in [2.05, 4.69) is 35.8 Å². The zero-order valence-corrected chi connectivity index (χ0v) is 19.6. The highest BCUT2D eigenvalue weighted by Gasteiger charge is 2.35. The molecule has 0 aliphatic heterocycles. The van der Waals surface area contributed by atoms with Crippen molar-refractivity contribution in [3.8, 4) is 5.75 Å². The van der Waals surface area contributed by atoms with Crippen LogP contribution in [0.25, 0.3) is 11.0 Å². The summed E-state index contributed by atoms with van der Waals surface area (Å²) in [6.07, 6.45) is -2.53. The molecule has 0 bridgehead atoms. The minimum atomic E-state index is -4.79. The van der Waals surface area contributed by atoms with Crippen LogP contribution in [0.3, 0.4) is 0 Å². The molecule has 2 aromatic carbocycles. The second-order valence-corrected chi connectivity index (χ2v) is 10.1. The SMILES string of the molecule is C[C@@H]1C[C@@H](n2c(Nc3ccc(OC(F)(F)F)cc3)nc3cc(CC(=O)O)c(F)cc32)CC(C)(C)C1. The molecule has 0 spiro atoms. The summed E-state index contributed by atoms with van der Waals surface area (Å²) in [6, 6.07) is 8.02. The summed E-state index contributed by atoms with van der Waals surface area (Å²) in [6.45, 7) is 6.55. The normalized spacial score (nSPS) is 20.1. The molecule has 6 nitrogen and oxygen atoms in total. The molecular weight excluding hydrogens is 466 g/mol. The maximum Gasteiger partial charge on any atom is 0.573 e. The van der Waals surface area contributed by atoms with Crippen LogP contribution in [-0.4, -0.2) is 27.0 Å². The van der Waals surface area contributed by atoms with E-state index in [9.17, 15) is 22.4 Å². The fourth-order valence-electron chi connectivity index (χ4n) is 5.28. The first-order valence-electron chi connectivity index (χ1n) is 11.3. The van der Waals surface area contributed by atoms with Crippen molar-refractivity contribution in [2.45, 2.75) is 58.9 Å². The molecule has 0 radical (unpaired) electrons. The van der Waals surface area contributed by atoms with Gasteiger partial charge in [0.1, 0.15) is 11.6 Å². The fraction of sp³-hybridized carbons (Fsp3) is 0.440. The number of halogens is 4. The number of alkyl halides is 3. The van der Waals surface area contributed by atoms with E-state index in [0.717, 1.165) is 19.3 Å². The Bertz CT molecular complexity index is 1240. The van der Waals surface area contributed by atoms with E-state index < -0.39 is 24.6 Å². The third-order valence-electron chi connectivity index (χ3n) is 6.27. The van der Waals surface area contributed by atoms with Crippen molar-refractivity contribution in [2.75, 3.05) is 5.32 Å². The zero-order chi connectivity index (χ0) is 25.5. The van der Waals surface area contributed by atoms with E-state index >= 15 is 0 Å². The van der Waals surface area contributed by atoms with E-state index in [-0.39, 0.29) is 22.8 Å². The highest BCUT2D eigenvalue weighted by atomic mass is 19.4. The van der Waals surface area contributed by atoms with Gasteiger partial charge in [-0.3, -0.25) is 4.79 Å². The minimum absolute atomic E-state index is 0.00110. The number of rotatable bonds is 6. The second kappa shape index (κ2) is 9.05. The van der Waals surface area contributed by atoms with Gasteiger partial charge >= 0.3 is 12.3 Å². The summed E-state index contributed by atoms with van der Waals surface area (Å²) in [5.41, 5.74) is 1.54. The number of imidazole rings is 1. The Hall–Kier alpha value is -3.30. The van der Waals surface area contributed by atoms with Crippen molar-refractivity contribution < 1.29 is 32.2 Å². The zero-order valence-electron chi connectivity index (χ0n) is 19.6. The lowest BCUT2D eigenvalue weighted by atomic mass is 9.70. The molecular formula is C25H27F4N3O3. The minimum Gasteiger partial charge on any atom is -0.481 e. The van der Waals surface area contributed by atoms with E-state index in [1.165, 1.54) is 36.4 Å². The predicted molar refractivity (Wildman–Crippen MR) is 123 cm³/mol. The topological polar surface area (TPSA) is 76.4 Å². The van der Waals surface area contributed by atoms with Crippen LogP contribution in [-0.2, 0) is 11.2 Å². The first-order chi connectivity index (χ1) is 16.3. The molecule has 1 aliphatic carbocycles. The number of anilines is 2. The number of nitrogens with zero attached hydrogens (tertiary/aromatic N) is 2. The Morgan fingerprint density at radius 2 is 1.91 bits per heavy atom. The van der Waals surface area contributed by atoms with Crippen LogP contribution in [0.2, 0.25) is 0 Å². The van der Waals surface area contributed by atoms with Crippen LogP contribution >= 0.6 is 0 Å². The monoisotopic (exact) mass is 493 g/mol. The van der Waals surface area contributed by atoms with Crippen molar-refractivity contribution in [2.24, 2.45) is 11.3 Å². The molecule has 1 aromatic heterocycles. The van der Waals surface area contributed by atoms with Crippen LogP contribution < -0.4 is 10.1 Å². The second-order valence-electron chi connectivity index (χ2n) is 10.1.